The number of hydrogen-bond donors (Lipinski definition) is 3. The summed E-state index contributed by atoms with van der Waals surface area (Å²) in [6.07, 6.45) is 5.62. The number of anilines is 3. The van der Waals surface area contributed by atoms with E-state index in [-0.39, 0.29) is 11.9 Å². The maximum Gasteiger partial charge on any atom is 0.323 e. The zero-order chi connectivity index (χ0) is 23.8. The van der Waals surface area contributed by atoms with E-state index in [2.05, 4.69) is 25.8 Å². The Balaban J connectivity index is 1.46. The number of pyridine rings is 1. The van der Waals surface area contributed by atoms with Gasteiger partial charge in [-0.1, -0.05) is 6.07 Å². The third kappa shape index (κ3) is 6.04. The van der Waals surface area contributed by atoms with Crippen LogP contribution >= 0.6 is 0 Å². The standard InChI is InChI=1S/C26H29N5O3/c1-2-34-22-10-7-20(8-11-22)29-26(33)30-21-9-12-24(31-14-3-4-15-31)23(16-21)25(32)28-18-19-6-5-13-27-17-19/h5-13,16-17H,2-4,14-15,18H2,1H3,(H,28,32)(H2,29,30,33). The van der Waals surface area contributed by atoms with Gasteiger partial charge in [0, 0.05) is 49.1 Å². The summed E-state index contributed by atoms with van der Waals surface area (Å²) in [6.45, 7) is 4.70. The van der Waals surface area contributed by atoms with E-state index in [1.165, 1.54) is 0 Å². The van der Waals surface area contributed by atoms with E-state index < -0.39 is 0 Å². The smallest absolute Gasteiger partial charge is 0.323 e. The van der Waals surface area contributed by atoms with E-state index in [1.807, 2.05) is 31.2 Å². The van der Waals surface area contributed by atoms with Gasteiger partial charge in [-0.3, -0.25) is 9.78 Å². The Labute approximate surface area is 199 Å². The molecule has 1 saturated heterocycles. The number of rotatable bonds is 8. The molecular weight excluding hydrogens is 430 g/mol. The van der Waals surface area contributed by atoms with Crippen LogP contribution in [0, 0.1) is 0 Å². The summed E-state index contributed by atoms with van der Waals surface area (Å²) in [5, 5.41) is 8.60. The Morgan fingerprint density at radius 1 is 1.00 bits per heavy atom. The summed E-state index contributed by atoms with van der Waals surface area (Å²) in [5.74, 6) is 0.550. The fourth-order valence-corrected chi connectivity index (χ4v) is 3.90. The van der Waals surface area contributed by atoms with Crippen molar-refractivity contribution in [3.05, 3.63) is 78.1 Å². The van der Waals surface area contributed by atoms with Crippen LogP contribution in [0.5, 0.6) is 5.75 Å². The van der Waals surface area contributed by atoms with Gasteiger partial charge in [0.1, 0.15) is 5.75 Å². The number of ether oxygens (including phenoxy) is 1. The van der Waals surface area contributed by atoms with Crippen molar-refractivity contribution in [2.45, 2.75) is 26.3 Å². The van der Waals surface area contributed by atoms with Gasteiger partial charge in [-0.05, 0) is 73.9 Å². The molecular formula is C26H29N5O3. The minimum atomic E-state index is -0.389. The van der Waals surface area contributed by atoms with Gasteiger partial charge in [-0.15, -0.1) is 0 Å². The van der Waals surface area contributed by atoms with Crippen LogP contribution in [0.2, 0.25) is 0 Å². The monoisotopic (exact) mass is 459 g/mol. The fraction of sp³-hybridized carbons (Fsp3) is 0.269. The number of urea groups is 1. The van der Waals surface area contributed by atoms with E-state index in [9.17, 15) is 9.59 Å². The molecule has 0 radical (unpaired) electrons. The quantitative estimate of drug-likeness (QED) is 0.456. The number of aromatic nitrogens is 1. The van der Waals surface area contributed by atoms with Gasteiger partial charge in [0.25, 0.3) is 5.91 Å². The molecule has 0 bridgehead atoms. The molecule has 1 fully saturated rings. The van der Waals surface area contributed by atoms with Crippen LogP contribution in [0.25, 0.3) is 0 Å². The van der Waals surface area contributed by atoms with Crippen molar-refractivity contribution in [1.29, 1.82) is 0 Å². The van der Waals surface area contributed by atoms with Gasteiger partial charge in [-0.25, -0.2) is 4.79 Å². The van der Waals surface area contributed by atoms with E-state index in [1.54, 1.807) is 42.7 Å². The van der Waals surface area contributed by atoms with E-state index in [4.69, 9.17) is 4.74 Å². The molecule has 34 heavy (non-hydrogen) atoms. The van der Waals surface area contributed by atoms with Crippen LogP contribution in [0.1, 0.15) is 35.7 Å². The lowest BCUT2D eigenvalue weighted by Crippen LogP contribution is -2.27. The molecule has 0 saturated carbocycles. The summed E-state index contributed by atoms with van der Waals surface area (Å²) in [6, 6.07) is 16.0. The lowest BCUT2D eigenvalue weighted by molar-refractivity contribution is 0.0951. The summed E-state index contributed by atoms with van der Waals surface area (Å²) < 4.78 is 5.42. The van der Waals surface area contributed by atoms with E-state index in [0.717, 1.165) is 42.9 Å². The minimum Gasteiger partial charge on any atom is -0.494 e. The van der Waals surface area contributed by atoms with Crippen molar-refractivity contribution in [1.82, 2.24) is 10.3 Å². The number of hydrogen-bond acceptors (Lipinski definition) is 5. The number of carbonyl (C=O) groups is 2. The zero-order valence-corrected chi connectivity index (χ0v) is 19.2. The van der Waals surface area contributed by atoms with Crippen molar-refractivity contribution < 1.29 is 14.3 Å². The molecule has 8 nitrogen and oxygen atoms in total. The highest BCUT2D eigenvalue weighted by atomic mass is 16.5. The molecule has 0 aliphatic carbocycles. The summed E-state index contributed by atoms with van der Waals surface area (Å²) in [5.41, 5.74) is 3.51. The molecule has 0 atom stereocenters. The SMILES string of the molecule is CCOc1ccc(NC(=O)Nc2ccc(N3CCCC3)c(C(=O)NCc3cccnc3)c2)cc1. The van der Waals surface area contributed by atoms with Crippen molar-refractivity contribution in [3.63, 3.8) is 0 Å². The molecule has 1 aliphatic heterocycles. The summed E-state index contributed by atoms with van der Waals surface area (Å²) in [4.78, 5) is 32.0. The average molecular weight is 460 g/mol. The molecule has 8 heteroatoms. The van der Waals surface area contributed by atoms with Crippen LogP contribution in [0.15, 0.2) is 67.0 Å². The molecule has 176 valence electrons. The number of nitrogens with zero attached hydrogens (tertiary/aromatic N) is 2. The van der Waals surface area contributed by atoms with E-state index >= 15 is 0 Å². The second-order valence-electron chi connectivity index (χ2n) is 8.01. The van der Waals surface area contributed by atoms with Crippen molar-refractivity contribution in [2.24, 2.45) is 0 Å². The second-order valence-corrected chi connectivity index (χ2v) is 8.01. The van der Waals surface area contributed by atoms with Crippen LogP contribution < -0.4 is 25.6 Å². The lowest BCUT2D eigenvalue weighted by Gasteiger charge is -2.22. The van der Waals surface area contributed by atoms with Gasteiger partial charge < -0.3 is 25.6 Å². The maximum absolute atomic E-state index is 13.1. The first kappa shape index (κ1) is 23.1. The summed E-state index contributed by atoms with van der Waals surface area (Å²) >= 11 is 0. The molecule has 1 aromatic heterocycles. The lowest BCUT2D eigenvalue weighted by atomic mass is 10.1. The minimum absolute atomic E-state index is 0.193. The Morgan fingerprint density at radius 2 is 1.74 bits per heavy atom. The van der Waals surface area contributed by atoms with Crippen LogP contribution in [-0.2, 0) is 6.54 Å². The number of nitrogens with one attached hydrogen (secondary N) is 3. The van der Waals surface area contributed by atoms with Crippen LogP contribution in [0.4, 0.5) is 21.9 Å². The molecule has 0 spiro atoms. The molecule has 4 rings (SSSR count). The third-order valence-corrected chi connectivity index (χ3v) is 5.54. The van der Waals surface area contributed by atoms with Crippen LogP contribution in [-0.4, -0.2) is 36.6 Å². The van der Waals surface area contributed by atoms with Crippen molar-refractivity contribution in [2.75, 3.05) is 35.2 Å². The highest BCUT2D eigenvalue weighted by molar-refractivity contribution is 6.04. The first-order chi connectivity index (χ1) is 16.6. The Bertz CT molecular complexity index is 1110. The highest BCUT2D eigenvalue weighted by Gasteiger charge is 2.20. The summed E-state index contributed by atoms with van der Waals surface area (Å²) in [7, 11) is 0. The topological polar surface area (TPSA) is 95.6 Å². The Morgan fingerprint density at radius 3 is 2.44 bits per heavy atom. The largest absolute Gasteiger partial charge is 0.494 e. The van der Waals surface area contributed by atoms with Gasteiger partial charge in [0.15, 0.2) is 0 Å². The Kier molecular flexibility index (Phi) is 7.60. The number of benzene rings is 2. The van der Waals surface area contributed by atoms with Gasteiger partial charge in [0.05, 0.1) is 12.2 Å². The first-order valence-electron chi connectivity index (χ1n) is 11.5. The third-order valence-electron chi connectivity index (χ3n) is 5.54. The van der Waals surface area contributed by atoms with Gasteiger partial charge in [0.2, 0.25) is 0 Å². The van der Waals surface area contributed by atoms with Crippen molar-refractivity contribution in [3.8, 4) is 5.75 Å². The number of amides is 3. The predicted octanol–water partition coefficient (Wildman–Crippen LogP) is 4.65. The molecule has 1 aliphatic rings. The van der Waals surface area contributed by atoms with Gasteiger partial charge in [-0.2, -0.15) is 0 Å². The Hall–Kier alpha value is -4.07. The maximum atomic E-state index is 13.1. The normalized spacial score (nSPS) is 12.8. The fourth-order valence-electron chi connectivity index (χ4n) is 3.90. The zero-order valence-electron chi connectivity index (χ0n) is 19.2. The van der Waals surface area contributed by atoms with Crippen molar-refractivity contribution >= 4 is 29.0 Å². The average Bonchev–Trinajstić information content (AvgIpc) is 3.39. The second kappa shape index (κ2) is 11.2. The van der Waals surface area contributed by atoms with E-state index in [0.29, 0.717) is 30.1 Å². The van der Waals surface area contributed by atoms with Crippen LogP contribution in [0.3, 0.4) is 0 Å². The molecule has 0 unspecified atom stereocenters. The molecule has 3 amide bonds. The predicted molar refractivity (Wildman–Crippen MR) is 134 cm³/mol. The van der Waals surface area contributed by atoms with Gasteiger partial charge >= 0.3 is 6.03 Å². The molecule has 3 N–H and O–H groups in total. The molecule has 2 heterocycles. The molecule has 2 aromatic carbocycles. The number of carbonyl (C=O) groups excluding carboxylic acids is 2. The molecule has 3 aromatic rings. The highest BCUT2D eigenvalue weighted by Crippen LogP contribution is 2.28. The first-order valence-corrected chi connectivity index (χ1v) is 11.5.